The van der Waals surface area contributed by atoms with E-state index in [9.17, 15) is 0 Å². The maximum atomic E-state index is 5.65. The molecule has 19 heavy (non-hydrogen) atoms. The van der Waals surface area contributed by atoms with Gasteiger partial charge in [-0.3, -0.25) is 0 Å². The zero-order valence-corrected chi connectivity index (χ0v) is 12.9. The lowest BCUT2D eigenvalue weighted by atomic mass is 10.1. The number of hydrogen-bond acceptors (Lipinski definition) is 3. The first kappa shape index (κ1) is 14.8. The fourth-order valence-electron chi connectivity index (χ4n) is 2.38. The third kappa shape index (κ3) is 5.13. The van der Waals surface area contributed by atoms with Crippen LogP contribution in [0.25, 0.3) is 0 Å². The van der Waals surface area contributed by atoms with E-state index < -0.39 is 0 Å². The molecule has 2 nitrogen and oxygen atoms in total. The van der Waals surface area contributed by atoms with Crippen LogP contribution in [-0.4, -0.2) is 35.3 Å². The summed E-state index contributed by atoms with van der Waals surface area (Å²) in [7, 11) is 0. The molecule has 0 amide bonds. The number of hydrogen-bond donors (Lipinski definition) is 1. The Bertz CT molecular complexity index is 414. The first-order chi connectivity index (χ1) is 9.25. The monoisotopic (exact) mass is 294 g/mol. The maximum Gasteiger partial charge on any atom is 0.103 e. The van der Waals surface area contributed by atoms with Gasteiger partial charge in [-0.15, -0.1) is 0 Å². The van der Waals surface area contributed by atoms with Crippen LogP contribution in [-0.2, 0) is 5.75 Å². The maximum absolute atomic E-state index is 5.65. The molecule has 1 aromatic carbocycles. The lowest BCUT2D eigenvalue weighted by molar-refractivity contribution is 0.242. The Morgan fingerprint density at radius 2 is 2.05 bits per heavy atom. The average molecular weight is 294 g/mol. The summed E-state index contributed by atoms with van der Waals surface area (Å²) in [5.41, 5.74) is 7.94. The highest BCUT2D eigenvalue weighted by Crippen LogP contribution is 2.15. The summed E-state index contributed by atoms with van der Waals surface area (Å²) in [6.45, 7) is 3.80. The Balaban J connectivity index is 1.70. The lowest BCUT2D eigenvalue weighted by Crippen LogP contribution is -2.31. The van der Waals surface area contributed by atoms with Crippen LogP contribution in [0.3, 0.4) is 0 Å². The molecular weight excluding hydrogens is 272 g/mol. The Morgan fingerprint density at radius 3 is 2.79 bits per heavy atom. The minimum atomic E-state index is 0.486. The number of nitrogens with zero attached hydrogens (tertiary/aromatic N) is 1. The van der Waals surface area contributed by atoms with Crippen molar-refractivity contribution < 1.29 is 0 Å². The molecule has 104 valence electrons. The Kier molecular flexibility index (Phi) is 6.14. The van der Waals surface area contributed by atoms with Crippen LogP contribution in [0.15, 0.2) is 24.3 Å². The van der Waals surface area contributed by atoms with Crippen LogP contribution in [0.5, 0.6) is 0 Å². The van der Waals surface area contributed by atoms with E-state index >= 15 is 0 Å². The second kappa shape index (κ2) is 7.88. The van der Waals surface area contributed by atoms with Crippen LogP contribution < -0.4 is 5.73 Å². The van der Waals surface area contributed by atoms with Gasteiger partial charge in [0.25, 0.3) is 0 Å². The smallest absolute Gasteiger partial charge is 0.103 e. The van der Waals surface area contributed by atoms with Gasteiger partial charge >= 0.3 is 0 Å². The van der Waals surface area contributed by atoms with Crippen molar-refractivity contribution in [1.29, 1.82) is 0 Å². The second-order valence-corrected chi connectivity index (χ2v) is 6.56. The third-order valence-corrected chi connectivity index (χ3v) is 4.73. The summed E-state index contributed by atoms with van der Waals surface area (Å²) in [5, 5.41) is 0. The molecule has 0 radical (unpaired) electrons. The molecular formula is C15H22N2S2. The van der Waals surface area contributed by atoms with Gasteiger partial charge in [-0.25, -0.2) is 0 Å². The fourth-order valence-corrected chi connectivity index (χ4v) is 3.45. The van der Waals surface area contributed by atoms with Crippen LogP contribution in [0.2, 0.25) is 0 Å². The topological polar surface area (TPSA) is 29.3 Å². The second-order valence-electron chi connectivity index (χ2n) is 5.02. The standard InChI is InChI=1S/C15H22N2S2/c16-15(18)14-6-4-5-13(11-14)12-19-10-9-17-7-2-1-3-8-17/h4-6,11H,1-3,7-10,12H2,(H2,16,18). The summed E-state index contributed by atoms with van der Waals surface area (Å²) in [4.78, 5) is 3.07. The van der Waals surface area contributed by atoms with Crippen molar-refractivity contribution in [3.05, 3.63) is 35.4 Å². The van der Waals surface area contributed by atoms with E-state index in [4.69, 9.17) is 18.0 Å². The lowest BCUT2D eigenvalue weighted by Gasteiger charge is -2.26. The minimum absolute atomic E-state index is 0.486. The molecule has 0 atom stereocenters. The Morgan fingerprint density at radius 1 is 1.26 bits per heavy atom. The first-order valence-corrected chi connectivity index (χ1v) is 8.51. The summed E-state index contributed by atoms with van der Waals surface area (Å²) in [5.74, 6) is 2.25. The van der Waals surface area contributed by atoms with Crippen molar-refractivity contribution in [2.45, 2.75) is 25.0 Å². The van der Waals surface area contributed by atoms with Gasteiger partial charge in [-0.05, 0) is 37.6 Å². The number of thioether (sulfide) groups is 1. The van der Waals surface area contributed by atoms with Crippen molar-refractivity contribution in [1.82, 2.24) is 4.90 Å². The molecule has 2 rings (SSSR count). The summed E-state index contributed by atoms with van der Waals surface area (Å²) in [6, 6.07) is 8.27. The van der Waals surface area contributed by atoms with Gasteiger partial charge in [-0.1, -0.05) is 36.8 Å². The van der Waals surface area contributed by atoms with Crippen molar-refractivity contribution in [2.75, 3.05) is 25.4 Å². The van der Waals surface area contributed by atoms with Crippen molar-refractivity contribution in [3.8, 4) is 0 Å². The summed E-state index contributed by atoms with van der Waals surface area (Å²) >= 11 is 7.00. The summed E-state index contributed by atoms with van der Waals surface area (Å²) in [6.07, 6.45) is 4.16. The van der Waals surface area contributed by atoms with E-state index in [1.54, 1.807) is 0 Å². The van der Waals surface area contributed by atoms with E-state index in [1.807, 2.05) is 23.9 Å². The largest absolute Gasteiger partial charge is 0.389 e. The SMILES string of the molecule is NC(=S)c1cccc(CSCCN2CCCCC2)c1. The minimum Gasteiger partial charge on any atom is -0.389 e. The van der Waals surface area contributed by atoms with Gasteiger partial charge in [-0.2, -0.15) is 11.8 Å². The van der Waals surface area contributed by atoms with Gasteiger partial charge < -0.3 is 10.6 Å². The molecule has 0 spiro atoms. The molecule has 0 aliphatic carbocycles. The van der Waals surface area contributed by atoms with E-state index in [1.165, 1.54) is 50.2 Å². The average Bonchev–Trinajstić information content (AvgIpc) is 2.45. The quantitative estimate of drug-likeness (QED) is 0.645. The molecule has 0 saturated carbocycles. The number of piperidine rings is 1. The molecule has 1 aromatic rings. The number of nitrogens with two attached hydrogens (primary N) is 1. The zero-order chi connectivity index (χ0) is 13.5. The molecule has 2 N–H and O–H groups in total. The van der Waals surface area contributed by atoms with Gasteiger partial charge in [0.15, 0.2) is 0 Å². The fraction of sp³-hybridized carbons (Fsp3) is 0.533. The predicted octanol–water partition coefficient (Wildman–Crippen LogP) is 3.04. The first-order valence-electron chi connectivity index (χ1n) is 6.94. The zero-order valence-electron chi connectivity index (χ0n) is 11.3. The normalized spacial score (nSPS) is 16.4. The molecule has 4 heteroatoms. The molecule has 0 bridgehead atoms. The van der Waals surface area contributed by atoms with E-state index in [0.717, 1.165) is 11.3 Å². The van der Waals surface area contributed by atoms with E-state index in [-0.39, 0.29) is 0 Å². The highest BCUT2D eigenvalue weighted by molar-refractivity contribution is 7.98. The molecule has 0 aromatic heterocycles. The van der Waals surface area contributed by atoms with Gasteiger partial charge in [0, 0.05) is 23.6 Å². The van der Waals surface area contributed by atoms with Crippen molar-refractivity contribution in [2.24, 2.45) is 5.73 Å². The molecule has 1 aliphatic heterocycles. The highest BCUT2D eigenvalue weighted by Gasteiger charge is 2.09. The Hall–Kier alpha value is -0.580. The van der Waals surface area contributed by atoms with Gasteiger partial charge in [0.2, 0.25) is 0 Å². The third-order valence-electron chi connectivity index (χ3n) is 3.48. The number of rotatable bonds is 6. The van der Waals surface area contributed by atoms with Crippen molar-refractivity contribution in [3.63, 3.8) is 0 Å². The van der Waals surface area contributed by atoms with E-state index in [2.05, 4.69) is 17.0 Å². The molecule has 1 saturated heterocycles. The van der Waals surface area contributed by atoms with Gasteiger partial charge in [0.1, 0.15) is 4.99 Å². The molecule has 1 fully saturated rings. The predicted molar refractivity (Wildman–Crippen MR) is 88.8 cm³/mol. The number of likely N-dealkylation sites (tertiary alicyclic amines) is 1. The molecule has 0 unspecified atom stereocenters. The van der Waals surface area contributed by atoms with E-state index in [0.29, 0.717) is 4.99 Å². The number of thiocarbonyl (C=S) groups is 1. The van der Waals surface area contributed by atoms with Gasteiger partial charge in [0.05, 0.1) is 0 Å². The highest BCUT2D eigenvalue weighted by atomic mass is 32.2. The summed E-state index contributed by atoms with van der Waals surface area (Å²) < 4.78 is 0. The van der Waals surface area contributed by atoms with Crippen LogP contribution in [0, 0.1) is 0 Å². The van der Waals surface area contributed by atoms with Crippen LogP contribution >= 0.6 is 24.0 Å². The number of benzene rings is 1. The van der Waals surface area contributed by atoms with Crippen LogP contribution in [0.4, 0.5) is 0 Å². The molecule has 1 heterocycles. The van der Waals surface area contributed by atoms with Crippen LogP contribution in [0.1, 0.15) is 30.4 Å². The van der Waals surface area contributed by atoms with Crippen molar-refractivity contribution >= 4 is 29.0 Å². The Labute approximate surface area is 125 Å². The molecule has 1 aliphatic rings.